The van der Waals surface area contributed by atoms with Gasteiger partial charge in [0.25, 0.3) is 0 Å². The number of nitrogens with zero attached hydrogens (tertiary/aromatic N) is 2. The van der Waals surface area contributed by atoms with Crippen molar-refractivity contribution >= 4 is 15.9 Å². The molecule has 2 rings (SSSR count). The first-order valence-electron chi connectivity index (χ1n) is 10.1. The molecule has 0 aliphatic carbocycles. The fourth-order valence-corrected chi connectivity index (χ4v) is 4.64. The molecule has 1 aromatic carbocycles. The van der Waals surface area contributed by atoms with Crippen LogP contribution in [-0.4, -0.2) is 75.7 Å². The van der Waals surface area contributed by atoms with Crippen molar-refractivity contribution in [2.75, 3.05) is 52.1 Å². The zero-order chi connectivity index (χ0) is 20.4. The molecular formula is C20H33N3O4S. The Morgan fingerprint density at radius 1 is 1.18 bits per heavy atom. The molecule has 0 radical (unpaired) electrons. The number of unbranched alkanes of at least 4 members (excludes halogenated alkanes) is 1. The molecular weight excluding hydrogens is 378 g/mol. The number of nitrogens with one attached hydrogen (secondary N) is 1. The third-order valence-electron chi connectivity index (χ3n) is 5.01. The fraction of sp³-hybridized carbons (Fsp3) is 0.650. The second-order valence-corrected chi connectivity index (χ2v) is 9.14. The van der Waals surface area contributed by atoms with E-state index in [0.717, 1.165) is 24.2 Å². The molecule has 1 heterocycles. The molecule has 0 unspecified atom stereocenters. The van der Waals surface area contributed by atoms with Gasteiger partial charge in [0, 0.05) is 45.7 Å². The Balaban J connectivity index is 1.90. The Labute approximate surface area is 169 Å². The maximum atomic E-state index is 12.7. The van der Waals surface area contributed by atoms with Gasteiger partial charge in [-0.3, -0.25) is 4.79 Å². The van der Waals surface area contributed by atoms with Crippen LogP contribution in [0.15, 0.2) is 24.3 Å². The summed E-state index contributed by atoms with van der Waals surface area (Å²) in [7, 11) is -1.70. The first-order valence-corrected chi connectivity index (χ1v) is 11.7. The number of rotatable bonds is 11. The van der Waals surface area contributed by atoms with Gasteiger partial charge in [0.2, 0.25) is 15.9 Å². The SMILES string of the molecule is CCCCN(CCS(=O)(=O)N1CCNCC1)C(=O)CCc1ccc(OC)cc1. The van der Waals surface area contributed by atoms with Crippen LogP contribution < -0.4 is 10.1 Å². The Hall–Kier alpha value is -1.64. The summed E-state index contributed by atoms with van der Waals surface area (Å²) in [5.74, 6) is 0.794. The third kappa shape index (κ3) is 7.07. The van der Waals surface area contributed by atoms with Gasteiger partial charge in [-0.05, 0) is 30.5 Å². The summed E-state index contributed by atoms with van der Waals surface area (Å²) in [5, 5.41) is 3.16. The smallest absolute Gasteiger partial charge is 0.222 e. The molecule has 1 saturated heterocycles. The van der Waals surface area contributed by atoms with Crippen molar-refractivity contribution < 1.29 is 17.9 Å². The number of carbonyl (C=O) groups is 1. The van der Waals surface area contributed by atoms with Crippen molar-refractivity contribution in [3.63, 3.8) is 0 Å². The van der Waals surface area contributed by atoms with Crippen LogP contribution in [0.5, 0.6) is 5.75 Å². The molecule has 28 heavy (non-hydrogen) atoms. The first-order chi connectivity index (χ1) is 13.5. The lowest BCUT2D eigenvalue weighted by molar-refractivity contribution is -0.131. The zero-order valence-electron chi connectivity index (χ0n) is 17.0. The summed E-state index contributed by atoms with van der Waals surface area (Å²) in [6.45, 7) is 5.30. The summed E-state index contributed by atoms with van der Waals surface area (Å²) in [4.78, 5) is 14.4. The quantitative estimate of drug-likeness (QED) is 0.597. The number of carbonyl (C=O) groups excluding carboxylic acids is 1. The van der Waals surface area contributed by atoms with Gasteiger partial charge in [-0.15, -0.1) is 0 Å². The second-order valence-electron chi connectivity index (χ2n) is 7.05. The molecule has 1 amide bonds. The summed E-state index contributed by atoms with van der Waals surface area (Å²) >= 11 is 0. The fourth-order valence-electron chi connectivity index (χ4n) is 3.19. The van der Waals surface area contributed by atoms with Gasteiger partial charge in [-0.1, -0.05) is 25.5 Å². The van der Waals surface area contributed by atoms with Crippen LogP contribution in [0.2, 0.25) is 0 Å². The lowest BCUT2D eigenvalue weighted by atomic mass is 10.1. The molecule has 1 N–H and O–H groups in total. The summed E-state index contributed by atoms with van der Waals surface area (Å²) in [6, 6.07) is 7.68. The number of amides is 1. The van der Waals surface area contributed by atoms with Crippen LogP contribution in [0.4, 0.5) is 0 Å². The minimum Gasteiger partial charge on any atom is -0.497 e. The number of hydrogen-bond acceptors (Lipinski definition) is 5. The monoisotopic (exact) mass is 411 g/mol. The predicted molar refractivity (Wildman–Crippen MR) is 111 cm³/mol. The highest BCUT2D eigenvalue weighted by Gasteiger charge is 2.25. The molecule has 0 spiro atoms. The van der Waals surface area contributed by atoms with Gasteiger partial charge >= 0.3 is 0 Å². The van der Waals surface area contributed by atoms with Gasteiger partial charge in [0.1, 0.15) is 5.75 Å². The molecule has 0 aromatic heterocycles. The zero-order valence-corrected chi connectivity index (χ0v) is 17.8. The Kier molecular flexibility index (Phi) is 9.21. The molecule has 1 aliphatic rings. The number of piperazine rings is 1. The Bertz CT molecular complexity index is 701. The van der Waals surface area contributed by atoms with Crippen LogP contribution in [-0.2, 0) is 21.2 Å². The molecule has 7 nitrogen and oxygen atoms in total. The van der Waals surface area contributed by atoms with E-state index in [4.69, 9.17) is 4.74 Å². The molecule has 0 bridgehead atoms. The number of sulfonamides is 1. The lowest BCUT2D eigenvalue weighted by Crippen LogP contribution is -2.48. The molecule has 0 saturated carbocycles. The van der Waals surface area contributed by atoms with Gasteiger partial charge < -0.3 is 15.0 Å². The Morgan fingerprint density at radius 3 is 2.46 bits per heavy atom. The van der Waals surface area contributed by atoms with Crippen molar-refractivity contribution in [2.24, 2.45) is 0 Å². The molecule has 8 heteroatoms. The summed E-state index contributed by atoms with van der Waals surface area (Å²) < 4.78 is 31.8. The average Bonchev–Trinajstić information content (AvgIpc) is 2.73. The van der Waals surface area contributed by atoms with Gasteiger partial charge in [-0.25, -0.2) is 8.42 Å². The van der Waals surface area contributed by atoms with Crippen LogP contribution in [0, 0.1) is 0 Å². The van der Waals surface area contributed by atoms with Crippen molar-refractivity contribution in [3.8, 4) is 5.75 Å². The first kappa shape index (κ1) is 22.6. The van der Waals surface area contributed by atoms with E-state index >= 15 is 0 Å². The van der Waals surface area contributed by atoms with Crippen LogP contribution in [0.25, 0.3) is 0 Å². The van der Waals surface area contributed by atoms with E-state index < -0.39 is 10.0 Å². The van der Waals surface area contributed by atoms with E-state index in [1.807, 2.05) is 24.3 Å². The maximum Gasteiger partial charge on any atom is 0.222 e. The van der Waals surface area contributed by atoms with E-state index in [0.29, 0.717) is 45.6 Å². The highest BCUT2D eigenvalue weighted by Crippen LogP contribution is 2.13. The number of methoxy groups -OCH3 is 1. The topological polar surface area (TPSA) is 79.0 Å². The van der Waals surface area contributed by atoms with Gasteiger partial charge in [0.05, 0.1) is 12.9 Å². The number of benzene rings is 1. The van der Waals surface area contributed by atoms with Gasteiger partial charge in [0.15, 0.2) is 0 Å². The lowest BCUT2D eigenvalue weighted by Gasteiger charge is -2.28. The van der Waals surface area contributed by atoms with E-state index in [9.17, 15) is 13.2 Å². The number of ether oxygens (including phenoxy) is 1. The minimum atomic E-state index is -3.33. The number of hydrogen-bond donors (Lipinski definition) is 1. The maximum absolute atomic E-state index is 12.7. The van der Waals surface area contributed by atoms with E-state index in [1.165, 1.54) is 4.31 Å². The second kappa shape index (κ2) is 11.4. The predicted octanol–water partition coefficient (Wildman–Crippen LogP) is 1.49. The highest BCUT2D eigenvalue weighted by molar-refractivity contribution is 7.89. The normalized spacial score (nSPS) is 15.4. The van der Waals surface area contributed by atoms with E-state index in [1.54, 1.807) is 12.0 Å². The molecule has 0 atom stereocenters. The van der Waals surface area contributed by atoms with Crippen LogP contribution >= 0.6 is 0 Å². The minimum absolute atomic E-state index is 0.00894. The number of aryl methyl sites for hydroxylation is 1. The molecule has 1 aromatic rings. The van der Waals surface area contributed by atoms with Gasteiger partial charge in [-0.2, -0.15) is 4.31 Å². The highest BCUT2D eigenvalue weighted by atomic mass is 32.2. The largest absolute Gasteiger partial charge is 0.497 e. The molecule has 1 aliphatic heterocycles. The summed E-state index contributed by atoms with van der Waals surface area (Å²) in [5.41, 5.74) is 1.07. The van der Waals surface area contributed by atoms with Crippen molar-refractivity contribution in [2.45, 2.75) is 32.6 Å². The molecule has 158 valence electrons. The van der Waals surface area contributed by atoms with Crippen LogP contribution in [0.1, 0.15) is 31.7 Å². The standard InChI is InChI=1S/C20H33N3O4S/c1-3-4-13-22(16-17-28(25,26)23-14-11-21-12-15-23)20(24)10-7-18-5-8-19(27-2)9-6-18/h5-6,8-9,21H,3-4,7,10-17H2,1-2H3. The van der Waals surface area contributed by atoms with E-state index in [2.05, 4.69) is 12.2 Å². The van der Waals surface area contributed by atoms with Crippen LogP contribution in [0.3, 0.4) is 0 Å². The average molecular weight is 412 g/mol. The third-order valence-corrected chi connectivity index (χ3v) is 6.86. The Morgan fingerprint density at radius 2 is 1.86 bits per heavy atom. The van der Waals surface area contributed by atoms with Crippen molar-refractivity contribution in [3.05, 3.63) is 29.8 Å². The summed E-state index contributed by atoms with van der Waals surface area (Å²) in [6.07, 6.45) is 2.86. The molecule has 1 fully saturated rings. The van der Waals surface area contributed by atoms with Crippen molar-refractivity contribution in [1.82, 2.24) is 14.5 Å². The van der Waals surface area contributed by atoms with Crippen molar-refractivity contribution in [1.29, 1.82) is 0 Å². The van der Waals surface area contributed by atoms with E-state index in [-0.39, 0.29) is 18.2 Å².